The van der Waals surface area contributed by atoms with E-state index in [0.717, 1.165) is 6.08 Å². The van der Waals surface area contributed by atoms with Crippen molar-refractivity contribution in [3.05, 3.63) is 29.8 Å². The third-order valence-electron chi connectivity index (χ3n) is 3.46. The number of benzene rings is 1. The SMILES string of the molecule is O=C(/C=C/c1ccc(O)c(O)c1)O[C@@H]1O[C@H](C(=O)O)[C@@H](O)[C@H](O)[C@H]1O. The normalized spacial score (nSPS) is 29.5. The number of rotatable bonds is 4. The van der Waals surface area contributed by atoms with Gasteiger partial charge in [-0.3, -0.25) is 0 Å². The smallest absolute Gasteiger partial charge is 0.335 e. The van der Waals surface area contributed by atoms with E-state index >= 15 is 0 Å². The second-order valence-electron chi connectivity index (χ2n) is 5.25. The summed E-state index contributed by atoms with van der Waals surface area (Å²) in [7, 11) is 0. The molecule has 1 aliphatic heterocycles. The van der Waals surface area contributed by atoms with Crippen LogP contribution in [0.5, 0.6) is 11.5 Å². The van der Waals surface area contributed by atoms with Crippen molar-refractivity contribution < 1.29 is 49.7 Å². The van der Waals surface area contributed by atoms with Gasteiger partial charge in [0.1, 0.15) is 18.3 Å². The third-order valence-corrected chi connectivity index (χ3v) is 3.46. The summed E-state index contributed by atoms with van der Waals surface area (Å²) in [6, 6.07) is 3.76. The Labute approximate surface area is 140 Å². The van der Waals surface area contributed by atoms with Gasteiger partial charge in [-0.25, -0.2) is 9.59 Å². The largest absolute Gasteiger partial charge is 0.504 e. The highest BCUT2D eigenvalue weighted by Crippen LogP contribution is 2.26. The maximum atomic E-state index is 11.7. The summed E-state index contributed by atoms with van der Waals surface area (Å²) in [4.78, 5) is 22.7. The molecule has 1 saturated heterocycles. The lowest BCUT2D eigenvalue weighted by Crippen LogP contribution is -2.60. The molecule has 0 saturated carbocycles. The highest BCUT2D eigenvalue weighted by Gasteiger charge is 2.48. The number of ether oxygens (including phenoxy) is 2. The molecule has 0 aromatic heterocycles. The molecule has 1 aromatic rings. The predicted molar refractivity (Wildman–Crippen MR) is 79.2 cm³/mol. The number of aliphatic carboxylic acids is 1. The van der Waals surface area contributed by atoms with Gasteiger partial charge < -0.3 is 40.1 Å². The molecule has 0 radical (unpaired) electrons. The zero-order chi connectivity index (χ0) is 18.7. The minimum absolute atomic E-state index is 0.342. The first-order valence-electron chi connectivity index (χ1n) is 7.04. The molecule has 1 aliphatic rings. The van der Waals surface area contributed by atoms with Crippen molar-refractivity contribution in [3.8, 4) is 11.5 Å². The van der Waals surface area contributed by atoms with Crippen molar-refractivity contribution in [2.24, 2.45) is 0 Å². The lowest BCUT2D eigenvalue weighted by molar-refractivity contribution is -0.284. The second kappa shape index (κ2) is 7.49. The molecule has 1 aromatic carbocycles. The Morgan fingerprint density at radius 1 is 1.04 bits per heavy atom. The Bertz CT molecular complexity index is 685. The van der Waals surface area contributed by atoms with Crippen LogP contribution in [0, 0.1) is 0 Å². The van der Waals surface area contributed by atoms with Gasteiger partial charge in [0, 0.05) is 6.08 Å². The molecule has 2 rings (SSSR count). The van der Waals surface area contributed by atoms with Crippen molar-refractivity contribution in [2.75, 3.05) is 0 Å². The van der Waals surface area contributed by atoms with E-state index in [9.17, 15) is 35.1 Å². The van der Waals surface area contributed by atoms with Gasteiger partial charge in [-0.2, -0.15) is 0 Å². The van der Waals surface area contributed by atoms with E-state index in [1.54, 1.807) is 0 Å². The fourth-order valence-corrected chi connectivity index (χ4v) is 2.11. The zero-order valence-corrected chi connectivity index (χ0v) is 12.6. The lowest BCUT2D eigenvalue weighted by atomic mass is 9.99. The lowest BCUT2D eigenvalue weighted by Gasteiger charge is -2.37. The van der Waals surface area contributed by atoms with Gasteiger partial charge in [-0.1, -0.05) is 6.07 Å². The summed E-state index contributed by atoms with van der Waals surface area (Å²) in [6.45, 7) is 0. The number of aromatic hydroxyl groups is 2. The maximum absolute atomic E-state index is 11.7. The van der Waals surface area contributed by atoms with Gasteiger partial charge >= 0.3 is 11.9 Å². The summed E-state index contributed by atoms with van der Waals surface area (Å²) < 4.78 is 9.52. The first-order chi connectivity index (χ1) is 11.7. The van der Waals surface area contributed by atoms with Crippen LogP contribution in [0.2, 0.25) is 0 Å². The standard InChI is InChI=1S/C15H16O10/c16-7-3-1-6(5-8(7)17)2-4-9(18)24-15-12(21)10(19)11(20)13(25-15)14(22)23/h1-5,10-13,15-17,19-21H,(H,22,23)/b4-2+/t10-,11-,12+,13-,15+/m0/s1. The number of hydrogen-bond donors (Lipinski definition) is 6. The van der Waals surface area contributed by atoms with E-state index in [0.29, 0.717) is 5.56 Å². The molecule has 1 heterocycles. The average Bonchev–Trinajstić information content (AvgIpc) is 2.56. The van der Waals surface area contributed by atoms with E-state index in [-0.39, 0.29) is 5.75 Å². The van der Waals surface area contributed by atoms with Crippen LogP contribution in [0.4, 0.5) is 0 Å². The molecule has 0 aliphatic carbocycles. The van der Waals surface area contributed by atoms with Gasteiger partial charge in [-0.15, -0.1) is 0 Å². The number of aliphatic hydroxyl groups is 3. The molecule has 0 unspecified atom stereocenters. The highest BCUT2D eigenvalue weighted by molar-refractivity contribution is 5.87. The van der Waals surface area contributed by atoms with E-state index < -0.39 is 48.4 Å². The van der Waals surface area contributed by atoms with Crippen molar-refractivity contribution in [1.82, 2.24) is 0 Å². The van der Waals surface area contributed by atoms with Crippen LogP contribution in [0.1, 0.15) is 5.56 Å². The summed E-state index contributed by atoms with van der Waals surface area (Å²) >= 11 is 0. The van der Waals surface area contributed by atoms with Crippen molar-refractivity contribution in [3.63, 3.8) is 0 Å². The van der Waals surface area contributed by atoms with E-state index in [2.05, 4.69) is 0 Å². The highest BCUT2D eigenvalue weighted by atomic mass is 16.7. The second-order valence-corrected chi connectivity index (χ2v) is 5.25. The summed E-state index contributed by atoms with van der Waals surface area (Å²) in [5.74, 6) is -3.38. The van der Waals surface area contributed by atoms with Crippen molar-refractivity contribution >= 4 is 18.0 Å². The number of phenolic OH excluding ortho intramolecular Hbond substituents is 2. The summed E-state index contributed by atoms with van der Waals surface area (Å²) in [6.07, 6.45) is -7.19. The monoisotopic (exact) mass is 356 g/mol. The topological polar surface area (TPSA) is 174 Å². The van der Waals surface area contributed by atoms with Crippen LogP contribution in [0.25, 0.3) is 6.08 Å². The summed E-state index contributed by atoms with van der Waals surface area (Å²) in [5, 5.41) is 56.2. The molecule has 5 atom stereocenters. The Kier molecular flexibility index (Phi) is 5.59. The van der Waals surface area contributed by atoms with Gasteiger partial charge in [-0.05, 0) is 23.8 Å². The van der Waals surface area contributed by atoms with Crippen LogP contribution in [0.15, 0.2) is 24.3 Å². The Balaban J connectivity index is 2.04. The fraction of sp³-hybridized carbons (Fsp3) is 0.333. The minimum Gasteiger partial charge on any atom is -0.504 e. The predicted octanol–water partition coefficient (Wildman–Crippen LogP) is -1.45. The molecule has 10 nitrogen and oxygen atoms in total. The number of hydrogen-bond acceptors (Lipinski definition) is 9. The van der Waals surface area contributed by atoms with Crippen LogP contribution in [0.3, 0.4) is 0 Å². The van der Waals surface area contributed by atoms with Gasteiger partial charge in [0.2, 0.25) is 6.29 Å². The van der Waals surface area contributed by atoms with Crippen molar-refractivity contribution in [2.45, 2.75) is 30.7 Å². The molecule has 1 fully saturated rings. The Hall–Kier alpha value is -2.66. The molecular formula is C15H16O10. The third kappa shape index (κ3) is 4.25. The molecule has 10 heteroatoms. The van der Waals surface area contributed by atoms with Gasteiger partial charge in [0.25, 0.3) is 0 Å². The minimum atomic E-state index is -1.89. The van der Waals surface area contributed by atoms with Gasteiger partial charge in [0.15, 0.2) is 17.6 Å². The van der Waals surface area contributed by atoms with Crippen molar-refractivity contribution in [1.29, 1.82) is 0 Å². The summed E-state index contributed by atoms with van der Waals surface area (Å²) in [5.41, 5.74) is 0.344. The van der Waals surface area contributed by atoms with Crippen LogP contribution in [-0.2, 0) is 19.1 Å². The Morgan fingerprint density at radius 2 is 1.72 bits per heavy atom. The van der Waals surface area contributed by atoms with Crippen LogP contribution >= 0.6 is 0 Å². The van der Waals surface area contributed by atoms with E-state index in [4.69, 9.17) is 14.6 Å². The quantitative estimate of drug-likeness (QED) is 0.213. The maximum Gasteiger partial charge on any atom is 0.335 e. The molecular weight excluding hydrogens is 340 g/mol. The zero-order valence-electron chi connectivity index (χ0n) is 12.6. The fourth-order valence-electron chi connectivity index (χ4n) is 2.11. The molecule has 6 N–H and O–H groups in total. The molecule has 0 amide bonds. The number of aliphatic hydroxyl groups excluding tert-OH is 3. The van der Waals surface area contributed by atoms with E-state index in [1.165, 1.54) is 24.3 Å². The number of carbonyl (C=O) groups excluding carboxylic acids is 1. The first-order valence-corrected chi connectivity index (χ1v) is 7.04. The van der Waals surface area contributed by atoms with E-state index in [1.807, 2.05) is 0 Å². The molecule has 0 bridgehead atoms. The van der Waals surface area contributed by atoms with Crippen LogP contribution in [-0.4, -0.2) is 73.3 Å². The van der Waals surface area contributed by atoms with Crippen LogP contribution < -0.4 is 0 Å². The number of carbonyl (C=O) groups is 2. The Morgan fingerprint density at radius 3 is 2.32 bits per heavy atom. The number of esters is 1. The molecule has 0 spiro atoms. The molecule has 25 heavy (non-hydrogen) atoms. The molecule has 136 valence electrons. The number of phenols is 2. The number of carboxylic acid groups (broad SMARTS) is 1. The first kappa shape index (κ1) is 18.7. The average molecular weight is 356 g/mol. The number of carboxylic acids is 1. The van der Waals surface area contributed by atoms with Gasteiger partial charge in [0.05, 0.1) is 0 Å².